The number of aromatic carboxylic acids is 2. The number of hydrogen-bond donors (Lipinski definition) is 2. The van der Waals surface area contributed by atoms with E-state index in [4.69, 9.17) is 14.9 Å². The predicted octanol–water partition coefficient (Wildman–Crippen LogP) is 2.04. The molecule has 102 valence electrons. The van der Waals surface area contributed by atoms with Gasteiger partial charge in [0.05, 0.1) is 22.8 Å². The minimum atomic E-state index is -1.38. The molecule has 0 bridgehead atoms. The van der Waals surface area contributed by atoms with Crippen LogP contribution in [-0.4, -0.2) is 34.2 Å². The van der Waals surface area contributed by atoms with Crippen LogP contribution in [0.1, 0.15) is 51.3 Å². The van der Waals surface area contributed by atoms with Gasteiger partial charge in [0.1, 0.15) is 0 Å². The van der Waals surface area contributed by atoms with E-state index in [1.807, 2.05) is 6.92 Å². The van der Waals surface area contributed by atoms with Crippen LogP contribution in [0.15, 0.2) is 18.2 Å². The van der Waals surface area contributed by atoms with Crippen molar-refractivity contribution in [2.75, 3.05) is 0 Å². The van der Waals surface area contributed by atoms with Crippen molar-refractivity contribution < 1.29 is 29.3 Å². The quantitative estimate of drug-likeness (QED) is 0.791. The van der Waals surface area contributed by atoms with Gasteiger partial charge in [-0.2, -0.15) is 0 Å². The molecule has 0 aromatic heterocycles. The lowest BCUT2D eigenvalue weighted by atomic mass is 10.0. The topological polar surface area (TPSA) is 101 Å². The van der Waals surface area contributed by atoms with Crippen LogP contribution in [0.25, 0.3) is 0 Å². The van der Waals surface area contributed by atoms with Gasteiger partial charge in [0.15, 0.2) is 0 Å². The molecule has 0 spiro atoms. The van der Waals surface area contributed by atoms with Crippen molar-refractivity contribution in [2.24, 2.45) is 0 Å². The number of hydrogen-bond acceptors (Lipinski definition) is 4. The molecule has 0 heterocycles. The lowest BCUT2D eigenvalue weighted by Crippen LogP contribution is -2.17. The Bertz CT molecular complexity index is 520. The zero-order valence-electron chi connectivity index (χ0n) is 10.5. The van der Waals surface area contributed by atoms with Crippen LogP contribution in [0.2, 0.25) is 0 Å². The monoisotopic (exact) mass is 266 g/mol. The molecule has 0 fully saturated rings. The molecule has 1 atom stereocenters. The first-order valence-corrected chi connectivity index (χ1v) is 5.68. The van der Waals surface area contributed by atoms with Crippen LogP contribution in [0.3, 0.4) is 0 Å². The SMILES string of the molecule is CCC(C)OC(=O)c1ccc(C(=O)O)cc1C(=O)O. The largest absolute Gasteiger partial charge is 0.478 e. The average Bonchev–Trinajstić information content (AvgIpc) is 2.37. The lowest BCUT2D eigenvalue weighted by Gasteiger charge is -2.12. The van der Waals surface area contributed by atoms with Gasteiger partial charge < -0.3 is 14.9 Å². The van der Waals surface area contributed by atoms with Gasteiger partial charge in [-0.15, -0.1) is 0 Å². The first-order valence-electron chi connectivity index (χ1n) is 5.68. The number of ether oxygens (including phenoxy) is 1. The van der Waals surface area contributed by atoms with Crippen molar-refractivity contribution in [2.45, 2.75) is 26.4 Å². The van der Waals surface area contributed by atoms with Gasteiger partial charge in [0, 0.05) is 0 Å². The van der Waals surface area contributed by atoms with E-state index in [9.17, 15) is 14.4 Å². The molecule has 0 radical (unpaired) electrons. The molecule has 1 aromatic rings. The average molecular weight is 266 g/mol. The zero-order valence-corrected chi connectivity index (χ0v) is 10.5. The third kappa shape index (κ3) is 3.54. The van der Waals surface area contributed by atoms with E-state index in [0.29, 0.717) is 6.42 Å². The second kappa shape index (κ2) is 5.99. The summed E-state index contributed by atoms with van der Waals surface area (Å²) in [5.41, 5.74) is -0.733. The molecule has 0 aliphatic rings. The van der Waals surface area contributed by atoms with E-state index in [1.165, 1.54) is 6.07 Å². The molecule has 19 heavy (non-hydrogen) atoms. The van der Waals surface area contributed by atoms with Crippen LogP contribution in [0.4, 0.5) is 0 Å². The summed E-state index contributed by atoms with van der Waals surface area (Å²) >= 11 is 0. The van der Waals surface area contributed by atoms with Gasteiger partial charge in [-0.3, -0.25) is 0 Å². The molecule has 6 nitrogen and oxygen atoms in total. The molecule has 2 N–H and O–H groups in total. The van der Waals surface area contributed by atoms with Crippen molar-refractivity contribution in [3.05, 3.63) is 34.9 Å². The predicted molar refractivity (Wildman–Crippen MR) is 65.5 cm³/mol. The first-order chi connectivity index (χ1) is 8.86. The number of carboxylic acids is 2. The summed E-state index contributed by atoms with van der Waals surface area (Å²) in [7, 11) is 0. The van der Waals surface area contributed by atoms with E-state index < -0.39 is 17.9 Å². The van der Waals surface area contributed by atoms with Crippen molar-refractivity contribution in [1.82, 2.24) is 0 Å². The summed E-state index contributed by atoms with van der Waals surface area (Å²) in [6.07, 6.45) is 0.259. The van der Waals surface area contributed by atoms with Crippen molar-refractivity contribution in [3.63, 3.8) is 0 Å². The van der Waals surface area contributed by atoms with E-state index in [-0.39, 0.29) is 22.8 Å². The Kier molecular flexibility index (Phi) is 4.63. The fourth-order valence-electron chi connectivity index (χ4n) is 1.36. The molecule has 1 aromatic carbocycles. The van der Waals surface area contributed by atoms with Crippen molar-refractivity contribution in [3.8, 4) is 0 Å². The summed E-state index contributed by atoms with van der Waals surface area (Å²) < 4.78 is 5.03. The second-order valence-electron chi connectivity index (χ2n) is 3.99. The van der Waals surface area contributed by atoms with E-state index in [0.717, 1.165) is 12.1 Å². The fraction of sp³-hybridized carbons (Fsp3) is 0.308. The summed E-state index contributed by atoms with van der Waals surface area (Å²) in [6.45, 7) is 3.51. The van der Waals surface area contributed by atoms with Gasteiger partial charge >= 0.3 is 17.9 Å². The number of esters is 1. The molecule has 0 aliphatic heterocycles. The minimum absolute atomic E-state index is 0.155. The molecule has 6 heteroatoms. The van der Waals surface area contributed by atoms with Crippen LogP contribution < -0.4 is 0 Å². The highest BCUT2D eigenvalue weighted by molar-refractivity contribution is 6.04. The Labute approximate surface area is 109 Å². The van der Waals surface area contributed by atoms with Crippen molar-refractivity contribution in [1.29, 1.82) is 0 Å². The highest BCUT2D eigenvalue weighted by Gasteiger charge is 2.21. The molecular formula is C13H14O6. The number of benzene rings is 1. The van der Waals surface area contributed by atoms with E-state index in [2.05, 4.69) is 0 Å². The van der Waals surface area contributed by atoms with E-state index >= 15 is 0 Å². The normalized spacial score (nSPS) is 11.7. The molecule has 0 amide bonds. The molecule has 1 unspecified atom stereocenters. The maximum Gasteiger partial charge on any atom is 0.339 e. The number of carbonyl (C=O) groups excluding carboxylic acids is 1. The van der Waals surface area contributed by atoms with Crippen LogP contribution in [0, 0.1) is 0 Å². The van der Waals surface area contributed by atoms with Gasteiger partial charge in [-0.1, -0.05) is 6.92 Å². The fourth-order valence-corrected chi connectivity index (χ4v) is 1.36. The van der Waals surface area contributed by atoms with Gasteiger partial charge in [-0.25, -0.2) is 14.4 Å². The zero-order chi connectivity index (χ0) is 14.6. The molecule has 1 rings (SSSR count). The molecule has 0 aliphatic carbocycles. The summed E-state index contributed by atoms with van der Waals surface area (Å²) in [5.74, 6) is -3.41. The van der Waals surface area contributed by atoms with Gasteiger partial charge in [0.2, 0.25) is 0 Å². The van der Waals surface area contributed by atoms with Crippen LogP contribution in [-0.2, 0) is 4.74 Å². The number of carboxylic acid groups (broad SMARTS) is 2. The Hall–Kier alpha value is -2.37. The smallest absolute Gasteiger partial charge is 0.339 e. The summed E-state index contributed by atoms with van der Waals surface area (Å²) in [5, 5.41) is 17.8. The summed E-state index contributed by atoms with van der Waals surface area (Å²) in [4.78, 5) is 33.6. The third-order valence-corrected chi connectivity index (χ3v) is 2.60. The highest BCUT2D eigenvalue weighted by Crippen LogP contribution is 2.15. The Balaban J connectivity index is 3.17. The number of carbonyl (C=O) groups is 3. The Morgan fingerprint density at radius 3 is 2.26 bits per heavy atom. The Morgan fingerprint density at radius 1 is 1.16 bits per heavy atom. The van der Waals surface area contributed by atoms with E-state index in [1.54, 1.807) is 6.92 Å². The van der Waals surface area contributed by atoms with Crippen molar-refractivity contribution >= 4 is 17.9 Å². The Morgan fingerprint density at radius 2 is 1.79 bits per heavy atom. The minimum Gasteiger partial charge on any atom is -0.478 e. The maximum atomic E-state index is 11.8. The van der Waals surface area contributed by atoms with Gasteiger partial charge in [0.25, 0.3) is 0 Å². The third-order valence-electron chi connectivity index (χ3n) is 2.60. The first kappa shape index (κ1) is 14.7. The molecule has 0 saturated heterocycles. The van der Waals surface area contributed by atoms with Crippen LogP contribution in [0.5, 0.6) is 0 Å². The highest BCUT2D eigenvalue weighted by atomic mass is 16.5. The lowest BCUT2D eigenvalue weighted by molar-refractivity contribution is 0.0328. The van der Waals surface area contributed by atoms with Crippen LogP contribution >= 0.6 is 0 Å². The molecular weight excluding hydrogens is 252 g/mol. The standard InChI is InChI=1S/C13H14O6/c1-3-7(2)19-13(18)9-5-4-8(11(14)15)6-10(9)12(16)17/h4-7H,3H2,1-2H3,(H,14,15)(H,16,17). The van der Waals surface area contributed by atoms with Gasteiger partial charge in [-0.05, 0) is 31.5 Å². The number of rotatable bonds is 5. The summed E-state index contributed by atoms with van der Waals surface area (Å²) in [6, 6.07) is 3.26. The molecule has 0 saturated carbocycles. The second-order valence-corrected chi connectivity index (χ2v) is 3.99. The maximum absolute atomic E-state index is 11.8.